The maximum absolute atomic E-state index is 2.45. The molecule has 1 atom stereocenters. The van der Waals surface area contributed by atoms with E-state index in [1.165, 1.54) is 180 Å². The van der Waals surface area contributed by atoms with E-state index < -0.39 is 0 Å². The van der Waals surface area contributed by atoms with Crippen molar-refractivity contribution in [1.29, 1.82) is 0 Å². The number of rotatable bonds is 29. The van der Waals surface area contributed by atoms with Crippen LogP contribution >= 0.6 is 0 Å². The van der Waals surface area contributed by atoms with Crippen LogP contribution in [0.25, 0.3) is 0 Å². The third kappa shape index (κ3) is 21.8. The van der Waals surface area contributed by atoms with E-state index in [0.29, 0.717) is 6.04 Å². The SMILES string of the molecule is CCCCCCCCCCCCCCCCC[n+]1ccn(C(C)CCCCCCCCCCCCC)c1. The third-order valence-electron chi connectivity index (χ3n) is 8.47. The standard InChI is InChI=1S/C35H69N2/c1-4-6-8-10-12-14-16-17-18-19-21-23-25-27-29-31-36-32-33-37(34-36)35(3)30-28-26-24-22-20-15-13-11-9-7-5-2/h32-35H,4-31H2,1-3H3/q+1. The number of nitrogens with zero attached hydrogens (tertiary/aromatic N) is 2. The third-order valence-corrected chi connectivity index (χ3v) is 8.47. The van der Waals surface area contributed by atoms with Crippen molar-refractivity contribution in [3.63, 3.8) is 0 Å². The van der Waals surface area contributed by atoms with Gasteiger partial charge in [-0.15, -0.1) is 0 Å². The second-order valence-electron chi connectivity index (χ2n) is 12.2. The lowest BCUT2D eigenvalue weighted by atomic mass is 10.0. The molecule has 0 amide bonds. The summed E-state index contributed by atoms with van der Waals surface area (Å²) in [6.45, 7) is 8.19. The van der Waals surface area contributed by atoms with E-state index in [-0.39, 0.29) is 0 Å². The molecule has 1 aromatic heterocycles. The zero-order valence-electron chi connectivity index (χ0n) is 26.0. The van der Waals surface area contributed by atoms with Crippen LogP contribution in [-0.4, -0.2) is 4.57 Å². The number of hydrogen-bond acceptors (Lipinski definition) is 0. The van der Waals surface area contributed by atoms with Gasteiger partial charge in [-0.1, -0.05) is 162 Å². The molecule has 218 valence electrons. The summed E-state index contributed by atoms with van der Waals surface area (Å²) < 4.78 is 4.86. The van der Waals surface area contributed by atoms with Crippen molar-refractivity contribution >= 4 is 0 Å². The Morgan fingerprint density at radius 3 is 1.24 bits per heavy atom. The molecule has 0 saturated carbocycles. The molecule has 1 aromatic rings. The van der Waals surface area contributed by atoms with Crippen molar-refractivity contribution in [2.45, 2.75) is 207 Å². The maximum atomic E-state index is 2.45. The second kappa shape index (κ2) is 26.8. The first kappa shape index (κ1) is 34.2. The van der Waals surface area contributed by atoms with Crippen molar-refractivity contribution in [2.24, 2.45) is 0 Å². The van der Waals surface area contributed by atoms with E-state index in [4.69, 9.17) is 0 Å². The Morgan fingerprint density at radius 2 is 0.838 bits per heavy atom. The van der Waals surface area contributed by atoms with Crippen molar-refractivity contribution < 1.29 is 4.57 Å². The van der Waals surface area contributed by atoms with Gasteiger partial charge in [-0.05, 0) is 32.6 Å². The molecule has 0 fully saturated rings. The summed E-state index contributed by atoms with van der Waals surface area (Å²) in [6, 6.07) is 0.640. The molecule has 0 N–H and O–H groups in total. The fourth-order valence-corrected chi connectivity index (χ4v) is 5.72. The van der Waals surface area contributed by atoms with Gasteiger partial charge in [-0.25, -0.2) is 9.13 Å². The van der Waals surface area contributed by atoms with Crippen LogP contribution in [0.3, 0.4) is 0 Å². The highest BCUT2D eigenvalue weighted by atomic mass is 15.1. The van der Waals surface area contributed by atoms with Crippen LogP contribution in [-0.2, 0) is 6.54 Å². The molecule has 0 bridgehead atoms. The first-order valence-electron chi connectivity index (χ1n) is 17.3. The fraction of sp³-hybridized carbons (Fsp3) is 0.914. The van der Waals surface area contributed by atoms with E-state index in [1.54, 1.807) is 0 Å². The zero-order valence-corrected chi connectivity index (χ0v) is 26.0. The van der Waals surface area contributed by atoms with Crippen molar-refractivity contribution in [2.75, 3.05) is 0 Å². The first-order chi connectivity index (χ1) is 18.3. The van der Waals surface area contributed by atoms with Gasteiger partial charge in [0, 0.05) is 0 Å². The van der Waals surface area contributed by atoms with Gasteiger partial charge >= 0.3 is 0 Å². The van der Waals surface area contributed by atoms with Crippen molar-refractivity contribution in [3.8, 4) is 0 Å². The Balaban J connectivity index is 1.88. The molecule has 2 heteroatoms. The molecule has 0 radical (unpaired) electrons. The zero-order chi connectivity index (χ0) is 26.7. The van der Waals surface area contributed by atoms with Crippen LogP contribution in [0.15, 0.2) is 18.7 Å². The fourth-order valence-electron chi connectivity index (χ4n) is 5.72. The van der Waals surface area contributed by atoms with E-state index in [2.05, 4.69) is 48.6 Å². The summed E-state index contributed by atoms with van der Waals surface area (Å²) in [7, 11) is 0. The number of unbranched alkanes of at least 4 members (excludes halogenated alkanes) is 24. The van der Waals surface area contributed by atoms with E-state index in [1.807, 2.05) is 0 Å². The van der Waals surface area contributed by atoms with Crippen molar-refractivity contribution in [3.05, 3.63) is 18.7 Å². The second-order valence-corrected chi connectivity index (χ2v) is 12.2. The number of imidazole rings is 1. The smallest absolute Gasteiger partial charge is 0.237 e. The van der Waals surface area contributed by atoms with Crippen molar-refractivity contribution in [1.82, 2.24) is 4.57 Å². The molecule has 1 unspecified atom stereocenters. The normalized spacial score (nSPS) is 12.4. The highest BCUT2D eigenvalue weighted by molar-refractivity contribution is 4.72. The molecule has 1 rings (SSSR count). The highest BCUT2D eigenvalue weighted by Crippen LogP contribution is 2.17. The summed E-state index contributed by atoms with van der Waals surface area (Å²) in [5, 5.41) is 0. The summed E-state index contributed by atoms with van der Waals surface area (Å²) in [4.78, 5) is 0. The predicted octanol–water partition coefficient (Wildman–Crippen LogP) is 11.9. The first-order valence-corrected chi connectivity index (χ1v) is 17.3. The molecule has 0 aliphatic heterocycles. The lowest BCUT2D eigenvalue weighted by molar-refractivity contribution is -0.697. The van der Waals surface area contributed by atoms with Crippen LogP contribution in [0.4, 0.5) is 0 Å². The minimum Gasteiger partial charge on any atom is -0.237 e. The van der Waals surface area contributed by atoms with Gasteiger partial charge in [0.25, 0.3) is 0 Å². The summed E-state index contributed by atoms with van der Waals surface area (Å²) in [5.74, 6) is 0. The molecule has 37 heavy (non-hydrogen) atoms. The monoisotopic (exact) mass is 518 g/mol. The summed E-state index contributed by atoms with van der Waals surface area (Å²) in [5.41, 5.74) is 0. The average Bonchev–Trinajstić information content (AvgIpc) is 3.38. The van der Waals surface area contributed by atoms with Gasteiger partial charge in [-0.3, -0.25) is 0 Å². The van der Waals surface area contributed by atoms with Crippen LogP contribution in [0, 0.1) is 0 Å². The molecule has 0 aliphatic carbocycles. The summed E-state index contributed by atoms with van der Waals surface area (Å²) >= 11 is 0. The molecule has 0 saturated heterocycles. The maximum Gasteiger partial charge on any atom is 0.243 e. The lowest BCUT2D eigenvalue weighted by Gasteiger charge is -2.08. The van der Waals surface area contributed by atoms with Gasteiger partial charge in [0.05, 0.1) is 12.6 Å². The van der Waals surface area contributed by atoms with Crippen LogP contribution in [0.2, 0.25) is 0 Å². The molecular formula is C35H69N2+. The molecule has 0 aliphatic rings. The van der Waals surface area contributed by atoms with E-state index >= 15 is 0 Å². The molecular weight excluding hydrogens is 448 g/mol. The van der Waals surface area contributed by atoms with E-state index in [9.17, 15) is 0 Å². The average molecular weight is 518 g/mol. The summed E-state index contributed by atoms with van der Waals surface area (Å²) in [6.07, 6.45) is 45.6. The molecule has 2 nitrogen and oxygen atoms in total. The number of aromatic nitrogens is 2. The van der Waals surface area contributed by atoms with Gasteiger partial charge in [0.2, 0.25) is 6.33 Å². The largest absolute Gasteiger partial charge is 0.243 e. The minimum atomic E-state index is 0.640. The van der Waals surface area contributed by atoms with Gasteiger partial charge < -0.3 is 0 Å². The predicted molar refractivity (Wildman–Crippen MR) is 165 cm³/mol. The molecule has 0 spiro atoms. The number of aryl methyl sites for hydroxylation is 1. The Hall–Kier alpha value is -0.790. The number of hydrogen-bond donors (Lipinski definition) is 0. The molecule has 1 heterocycles. The van der Waals surface area contributed by atoms with E-state index in [0.717, 1.165) is 0 Å². The lowest BCUT2D eigenvalue weighted by Crippen LogP contribution is -2.31. The topological polar surface area (TPSA) is 8.81 Å². The van der Waals surface area contributed by atoms with Crippen LogP contribution in [0.1, 0.15) is 200 Å². The van der Waals surface area contributed by atoms with Crippen LogP contribution in [0.5, 0.6) is 0 Å². The highest BCUT2D eigenvalue weighted by Gasteiger charge is 2.11. The Kier molecular flexibility index (Phi) is 24.8. The molecule has 0 aromatic carbocycles. The minimum absolute atomic E-state index is 0.640. The van der Waals surface area contributed by atoms with Crippen LogP contribution < -0.4 is 4.57 Å². The Bertz CT molecular complexity index is 563. The Labute approximate surface area is 234 Å². The Morgan fingerprint density at radius 1 is 0.486 bits per heavy atom. The van der Waals surface area contributed by atoms with Gasteiger partial charge in [-0.2, -0.15) is 0 Å². The quantitative estimate of drug-likeness (QED) is 0.0737. The van der Waals surface area contributed by atoms with Gasteiger partial charge in [0.15, 0.2) is 0 Å². The van der Waals surface area contributed by atoms with Gasteiger partial charge in [0.1, 0.15) is 12.4 Å².